The SMILES string of the molecule is COc1ccc([C@@H]2c3[nH]c4ccccc4c3C[C@H]3C(=O)N(CCN4CCOCC4)CC(=O)N23)cc1OC. The number of hydrogen-bond acceptors (Lipinski definition) is 6. The highest BCUT2D eigenvalue weighted by Crippen LogP contribution is 2.44. The highest BCUT2D eigenvalue weighted by atomic mass is 16.5. The smallest absolute Gasteiger partial charge is 0.246 e. The maximum absolute atomic E-state index is 13.9. The minimum atomic E-state index is -0.559. The Morgan fingerprint density at radius 1 is 1.00 bits per heavy atom. The van der Waals surface area contributed by atoms with Crippen LogP contribution in [0.4, 0.5) is 0 Å². The second-order valence-corrected chi connectivity index (χ2v) is 9.81. The third-order valence-electron chi connectivity index (χ3n) is 7.86. The zero-order valence-corrected chi connectivity index (χ0v) is 21.2. The van der Waals surface area contributed by atoms with Crippen LogP contribution in [0.1, 0.15) is 22.9 Å². The second kappa shape index (κ2) is 9.72. The van der Waals surface area contributed by atoms with Gasteiger partial charge in [-0.15, -0.1) is 0 Å². The second-order valence-electron chi connectivity index (χ2n) is 9.81. The van der Waals surface area contributed by atoms with Gasteiger partial charge in [-0.25, -0.2) is 0 Å². The molecule has 2 amide bonds. The Morgan fingerprint density at radius 2 is 1.78 bits per heavy atom. The number of H-pyrrole nitrogens is 1. The summed E-state index contributed by atoms with van der Waals surface area (Å²) in [5.74, 6) is 1.17. The minimum Gasteiger partial charge on any atom is -0.493 e. The molecule has 9 heteroatoms. The Balaban J connectivity index is 1.39. The fraction of sp³-hybridized carbons (Fsp3) is 0.429. The van der Waals surface area contributed by atoms with Gasteiger partial charge in [0.1, 0.15) is 6.04 Å². The third-order valence-corrected chi connectivity index (χ3v) is 7.86. The van der Waals surface area contributed by atoms with Crippen LogP contribution < -0.4 is 9.47 Å². The number of benzene rings is 2. The molecule has 6 rings (SSSR count). The van der Waals surface area contributed by atoms with Gasteiger partial charge < -0.3 is 29.0 Å². The lowest BCUT2D eigenvalue weighted by molar-refractivity contribution is -0.158. The Bertz CT molecular complexity index is 1330. The Kier molecular flexibility index (Phi) is 6.26. The van der Waals surface area contributed by atoms with Crippen molar-refractivity contribution in [2.75, 3.05) is 60.2 Å². The number of amides is 2. The van der Waals surface area contributed by atoms with Crippen molar-refractivity contribution in [1.29, 1.82) is 0 Å². The van der Waals surface area contributed by atoms with Gasteiger partial charge in [-0.3, -0.25) is 14.5 Å². The molecule has 2 atom stereocenters. The first-order chi connectivity index (χ1) is 18.1. The van der Waals surface area contributed by atoms with Gasteiger partial charge in [-0.2, -0.15) is 0 Å². The molecule has 0 radical (unpaired) electrons. The lowest BCUT2D eigenvalue weighted by atomic mass is 9.86. The van der Waals surface area contributed by atoms with Crippen LogP contribution in [0.3, 0.4) is 0 Å². The van der Waals surface area contributed by atoms with E-state index in [1.165, 1.54) is 0 Å². The van der Waals surface area contributed by atoms with E-state index in [0.717, 1.165) is 47.4 Å². The molecule has 37 heavy (non-hydrogen) atoms. The molecule has 0 unspecified atom stereocenters. The van der Waals surface area contributed by atoms with Crippen molar-refractivity contribution in [3.05, 3.63) is 59.3 Å². The molecule has 2 aromatic carbocycles. The molecule has 0 bridgehead atoms. The number of carbonyl (C=O) groups is 2. The van der Waals surface area contributed by atoms with Crippen LogP contribution in [-0.4, -0.2) is 97.7 Å². The molecule has 3 aromatic rings. The van der Waals surface area contributed by atoms with Gasteiger partial charge in [0, 0.05) is 49.2 Å². The van der Waals surface area contributed by atoms with Crippen LogP contribution in [-0.2, 0) is 20.7 Å². The van der Waals surface area contributed by atoms with E-state index in [2.05, 4.69) is 16.0 Å². The lowest BCUT2D eigenvalue weighted by Crippen LogP contribution is -2.63. The monoisotopic (exact) mass is 504 g/mol. The summed E-state index contributed by atoms with van der Waals surface area (Å²) in [6.07, 6.45) is 0.488. The van der Waals surface area contributed by atoms with Crippen LogP contribution in [0.15, 0.2) is 42.5 Å². The first kappa shape index (κ1) is 23.8. The number of ether oxygens (including phenoxy) is 3. The van der Waals surface area contributed by atoms with E-state index < -0.39 is 12.1 Å². The molecule has 0 spiro atoms. The van der Waals surface area contributed by atoms with Crippen molar-refractivity contribution in [1.82, 2.24) is 19.7 Å². The van der Waals surface area contributed by atoms with Gasteiger partial charge in [-0.05, 0) is 29.3 Å². The molecule has 3 aliphatic heterocycles. The predicted molar refractivity (Wildman–Crippen MR) is 138 cm³/mol. The maximum Gasteiger partial charge on any atom is 0.246 e. The number of carbonyl (C=O) groups excluding carboxylic acids is 2. The highest BCUT2D eigenvalue weighted by Gasteiger charge is 2.48. The zero-order valence-electron chi connectivity index (χ0n) is 21.2. The van der Waals surface area contributed by atoms with Gasteiger partial charge in [0.25, 0.3) is 0 Å². The Morgan fingerprint density at radius 3 is 2.57 bits per heavy atom. The summed E-state index contributed by atoms with van der Waals surface area (Å²) in [5.41, 5.74) is 3.92. The quantitative estimate of drug-likeness (QED) is 0.554. The fourth-order valence-corrected chi connectivity index (χ4v) is 5.97. The molecule has 0 aliphatic carbocycles. The van der Waals surface area contributed by atoms with Gasteiger partial charge in [0.15, 0.2) is 11.5 Å². The highest BCUT2D eigenvalue weighted by molar-refractivity contribution is 5.97. The average molecular weight is 505 g/mol. The van der Waals surface area contributed by atoms with Crippen molar-refractivity contribution in [3.63, 3.8) is 0 Å². The molecule has 1 N–H and O–H groups in total. The van der Waals surface area contributed by atoms with Crippen LogP contribution in [0, 0.1) is 0 Å². The number of morpholine rings is 1. The van der Waals surface area contributed by atoms with Crippen molar-refractivity contribution in [2.24, 2.45) is 0 Å². The number of aromatic amines is 1. The number of aromatic nitrogens is 1. The number of para-hydroxylation sites is 1. The number of rotatable bonds is 6. The molecular formula is C28H32N4O5. The Hall–Kier alpha value is -3.56. The Labute approximate surface area is 215 Å². The number of nitrogens with one attached hydrogen (secondary N) is 1. The minimum absolute atomic E-state index is 0.00858. The standard InChI is InChI=1S/C28H32N4O5/c1-35-23-8-7-18(15-24(23)36-2)27-26-20(19-5-3-4-6-21(19)29-26)16-22-28(34)31(17-25(33)32(22)27)10-9-30-11-13-37-14-12-30/h3-8,15,22,27,29H,9-14,16-17H2,1-2H3/t22-,27+/m0/s1. The molecule has 2 fully saturated rings. The summed E-state index contributed by atoms with van der Waals surface area (Å²) in [4.78, 5) is 37.0. The molecule has 194 valence electrons. The number of hydrogen-bond donors (Lipinski definition) is 1. The molecule has 0 saturated carbocycles. The number of methoxy groups -OCH3 is 2. The first-order valence-corrected chi connectivity index (χ1v) is 12.8. The number of piperazine rings is 1. The average Bonchev–Trinajstić information content (AvgIpc) is 3.31. The number of nitrogens with zero attached hydrogens (tertiary/aromatic N) is 3. The van der Waals surface area contributed by atoms with Gasteiger partial charge >= 0.3 is 0 Å². The van der Waals surface area contributed by atoms with Gasteiger partial charge in [0.2, 0.25) is 11.8 Å². The van der Waals surface area contributed by atoms with Crippen LogP contribution in [0.25, 0.3) is 10.9 Å². The third kappa shape index (κ3) is 4.12. The normalized spacial score (nSPS) is 22.2. The number of fused-ring (bicyclic) bond motifs is 4. The van der Waals surface area contributed by atoms with Crippen LogP contribution in [0.2, 0.25) is 0 Å². The maximum atomic E-state index is 13.9. The molecule has 4 heterocycles. The summed E-state index contributed by atoms with van der Waals surface area (Å²) in [5, 5.41) is 1.09. The van der Waals surface area contributed by atoms with Crippen molar-refractivity contribution in [3.8, 4) is 11.5 Å². The van der Waals surface area contributed by atoms with E-state index in [1.54, 1.807) is 24.0 Å². The van der Waals surface area contributed by atoms with Crippen molar-refractivity contribution < 1.29 is 23.8 Å². The fourth-order valence-electron chi connectivity index (χ4n) is 5.97. The summed E-state index contributed by atoms with van der Waals surface area (Å²) in [6.45, 7) is 4.48. The van der Waals surface area contributed by atoms with E-state index >= 15 is 0 Å². The molecule has 9 nitrogen and oxygen atoms in total. The predicted octanol–water partition coefficient (Wildman–Crippen LogP) is 2.20. The van der Waals surface area contributed by atoms with Crippen molar-refractivity contribution in [2.45, 2.75) is 18.5 Å². The molecule has 3 aliphatic rings. The summed E-state index contributed by atoms with van der Waals surface area (Å²) in [7, 11) is 3.20. The van der Waals surface area contributed by atoms with Gasteiger partial charge in [-0.1, -0.05) is 24.3 Å². The first-order valence-electron chi connectivity index (χ1n) is 12.8. The summed E-state index contributed by atoms with van der Waals surface area (Å²) in [6, 6.07) is 12.8. The molecule has 1 aromatic heterocycles. The van der Waals surface area contributed by atoms with Gasteiger partial charge in [0.05, 0.1) is 40.0 Å². The van der Waals surface area contributed by atoms with E-state index in [1.807, 2.05) is 36.4 Å². The van der Waals surface area contributed by atoms with E-state index in [-0.39, 0.29) is 18.4 Å². The van der Waals surface area contributed by atoms with Crippen LogP contribution >= 0.6 is 0 Å². The summed E-state index contributed by atoms with van der Waals surface area (Å²) >= 11 is 0. The van der Waals surface area contributed by atoms with Crippen molar-refractivity contribution >= 4 is 22.7 Å². The topological polar surface area (TPSA) is 87.3 Å². The van der Waals surface area contributed by atoms with E-state index in [0.29, 0.717) is 37.7 Å². The van der Waals surface area contributed by atoms with E-state index in [9.17, 15) is 9.59 Å². The lowest BCUT2D eigenvalue weighted by Gasteiger charge is -2.47. The summed E-state index contributed by atoms with van der Waals surface area (Å²) < 4.78 is 16.5. The van der Waals surface area contributed by atoms with E-state index in [4.69, 9.17) is 14.2 Å². The van der Waals surface area contributed by atoms with Crippen LogP contribution in [0.5, 0.6) is 11.5 Å². The molecular weight excluding hydrogens is 472 g/mol. The zero-order chi connectivity index (χ0) is 25.5. The largest absolute Gasteiger partial charge is 0.493 e. The molecule has 2 saturated heterocycles.